The Kier molecular flexibility index (Phi) is 4.13. The second-order valence-electron chi connectivity index (χ2n) is 6.79. The molecule has 19 heavy (non-hydrogen) atoms. The Balaban J connectivity index is 1.61. The molecule has 0 aromatic heterocycles. The zero-order valence-electron chi connectivity index (χ0n) is 12.1. The Morgan fingerprint density at radius 1 is 1.26 bits per heavy atom. The summed E-state index contributed by atoms with van der Waals surface area (Å²) in [7, 11) is 2.24. The van der Waals surface area contributed by atoms with E-state index in [0.29, 0.717) is 18.1 Å². The Labute approximate surface area is 116 Å². The summed E-state index contributed by atoms with van der Waals surface area (Å²) in [6.07, 6.45) is 8.45. The minimum Gasteiger partial charge on any atom is -0.394 e. The van der Waals surface area contributed by atoms with Gasteiger partial charge in [-0.2, -0.15) is 0 Å². The van der Waals surface area contributed by atoms with Crippen molar-refractivity contribution in [1.29, 1.82) is 0 Å². The number of nitrogens with one attached hydrogen (secondary N) is 1. The monoisotopic (exact) mass is 268 g/mol. The van der Waals surface area contributed by atoms with Gasteiger partial charge in [-0.25, -0.2) is 0 Å². The van der Waals surface area contributed by atoms with Gasteiger partial charge in [-0.15, -0.1) is 0 Å². The lowest BCUT2D eigenvalue weighted by Crippen LogP contribution is -2.57. The van der Waals surface area contributed by atoms with Crippen LogP contribution in [0.15, 0.2) is 0 Å². The maximum absolute atomic E-state index is 9.88. The molecule has 1 aliphatic heterocycles. The third kappa shape index (κ3) is 3.13. The average molecular weight is 268 g/mol. The fraction of sp³-hybridized carbons (Fsp3) is 1.00. The van der Waals surface area contributed by atoms with Crippen molar-refractivity contribution in [3.63, 3.8) is 0 Å². The summed E-state index contributed by atoms with van der Waals surface area (Å²) in [6.45, 7) is 2.08. The van der Waals surface area contributed by atoms with Crippen LogP contribution in [0.3, 0.4) is 0 Å². The molecule has 2 N–H and O–H groups in total. The Hall–Kier alpha value is -0.160. The Morgan fingerprint density at radius 2 is 2.11 bits per heavy atom. The van der Waals surface area contributed by atoms with Gasteiger partial charge in [0.2, 0.25) is 0 Å². The highest BCUT2D eigenvalue weighted by atomic mass is 16.5. The number of aliphatic hydroxyl groups is 1. The summed E-state index contributed by atoms with van der Waals surface area (Å²) in [6, 6.07) is 1.85. The molecule has 2 saturated carbocycles. The van der Waals surface area contributed by atoms with Crippen molar-refractivity contribution in [1.82, 2.24) is 10.2 Å². The van der Waals surface area contributed by atoms with E-state index >= 15 is 0 Å². The maximum Gasteiger partial charge on any atom is 0.0622 e. The molecule has 3 unspecified atom stereocenters. The molecule has 4 nitrogen and oxygen atoms in total. The van der Waals surface area contributed by atoms with Crippen LogP contribution in [0.5, 0.6) is 0 Å². The summed E-state index contributed by atoms with van der Waals surface area (Å²) in [5, 5.41) is 13.6. The predicted octanol–water partition coefficient (Wildman–Crippen LogP) is 1.13. The number of nitrogens with zero attached hydrogens (tertiary/aromatic N) is 1. The Morgan fingerprint density at radius 3 is 2.74 bits per heavy atom. The van der Waals surface area contributed by atoms with E-state index in [4.69, 9.17) is 4.74 Å². The predicted molar refractivity (Wildman–Crippen MR) is 75.2 cm³/mol. The van der Waals surface area contributed by atoms with Crippen LogP contribution in [0.25, 0.3) is 0 Å². The Bertz CT molecular complexity index is 303. The smallest absolute Gasteiger partial charge is 0.0622 e. The third-order valence-corrected chi connectivity index (χ3v) is 5.27. The van der Waals surface area contributed by atoms with E-state index in [0.717, 1.165) is 32.5 Å². The van der Waals surface area contributed by atoms with Gasteiger partial charge in [0.15, 0.2) is 0 Å². The van der Waals surface area contributed by atoms with Crippen LogP contribution in [0.1, 0.15) is 44.9 Å². The lowest BCUT2D eigenvalue weighted by molar-refractivity contribution is 0.0476. The molecule has 0 aromatic rings. The van der Waals surface area contributed by atoms with Gasteiger partial charge < -0.3 is 15.2 Å². The van der Waals surface area contributed by atoms with Crippen molar-refractivity contribution < 1.29 is 9.84 Å². The lowest BCUT2D eigenvalue weighted by Gasteiger charge is -2.45. The highest BCUT2D eigenvalue weighted by Gasteiger charge is 2.41. The van der Waals surface area contributed by atoms with Gasteiger partial charge in [-0.1, -0.05) is 0 Å². The molecular formula is C15H28N2O2. The normalized spacial score (nSPS) is 39.9. The average Bonchev–Trinajstić information content (AvgIpc) is 3.08. The minimum atomic E-state index is -0.0161. The molecule has 1 saturated heterocycles. The summed E-state index contributed by atoms with van der Waals surface area (Å²) in [5.74, 6) is 0. The molecule has 3 aliphatic rings. The first-order valence-corrected chi connectivity index (χ1v) is 7.91. The molecule has 3 fully saturated rings. The van der Waals surface area contributed by atoms with Crippen molar-refractivity contribution in [2.75, 3.05) is 26.9 Å². The lowest BCUT2D eigenvalue weighted by atomic mass is 9.78. The standard InChI is InChI=1S/C15H28N2O2/c1-17(14-6-8-19-10-14)13-3-2-7-15(9-13,11-18)16-12-4-5-12/h12-14,16,18H,2-11H2,1H3. The molecule has 3 rings (SSSR count). The van der Waals surface area contributed by atoms with Crippen LogP contribution in [0.4, 0.5) is 0 Å². The van der Waals surface area contributed by atoms with Crippen molar-refractivity contribution in [3.8, 4) is 0 Å². The zero-order chi connectivity index (χ0) is 13.3. The summed E-state index contributed by atoms with van der Waals surface area (Å²) >= 11 is 0. The molecule has 0 radical (unpaired) electrons. The van der Waals surface area contributed by atoms with Gasteiger partial charge >= 0.3 is 0 Å². The summed E-state index contributed by atoms with van der Waals surface area (Å²) < 4.78 is 5.52. The third-order valence-electron chi connectivity index (χ3n) is 5.27. The van der Waals surface area contributed by atoms with E-state index in [2.05, 4.69) is 17.3 Å². The molecular weight excluding hydrogens is 240 g/mol. The molecule has 1 heterocycles. The quantitative estimate of drug-likeness (QED) is 0.785. The van der Waals surface area contributed by atoms with E-state index in [1.54, 1.807) is 0 Å². The molecule has 0 aromatic carbocycles. The van der Waals surface area contributed by atoms with E-state index < -0.39 is 0 Å². The number of likely N-dealkylation sites (N-methyl/N-ethyl adjacent to an activating group) is 1. The number of hydrogen-bond donors (Lipinski definition) is 2. The number of aliphatic hydroxyl groups excluding tert-OH is 1. The van der Waals surface area contributed by atoms with Gasteiger partial charge in [0.05, 0.1) is 13.2 Å². The number of hydrogen-bond acceptors (Lipinski definition) is 4. The van der Waals surface area contributed by atoms with Crippen molar-refractivity contribution in [3.05, 3.63) is 0 Å². The molecule has 0 bridgehead atoms. The first kappa shape index (κ1) is 13.8. The van der Waals surface area contributed by atoms with E-state index in [1.165, 1.54) is 25.7 Å². The molecule has 2 aliphatic carbocycles. The SMILES string of the molecule is CN(C1CCOC1)C1CCCC(CO)(NC2CC2)C1. The number of ether oxygens (including phenoxy) is 1. The second kappa shape index (κ2) is 5.68. The van der Waals surface area contributed by atoms with Crippen LogP contribution < -0.4 is 5.32 Å². The van der Waals surface area contributed by atoms with E-state index in [-0.39, 0.29) is 12.1 Å². The molecule has 110 valence electrons. The number of rotatable bonds is 5. The van der Waals surface area contributed by atoms with Crippen LogP contribution in [0.2, 0.25) is 0 Å². The van der Waals surface area contributed by atoms with Crippen LogP contribution in [0, 0.1) is 0 Å². The highest BCUT2D eigenvalue weighted by Crippen LogP contribution is 2.35. The van der Waals surface area contributed by atoms with Crippen LogP contribution >= 0.6 is 0 Å². The minimum absolute atomic E-state index is 0.0161. The van der Waals surface area contributed by atoms with E-state index in [9.17, 15) is 5.11 Å². The second-order valence-corrected chi connectivity index (χ2v) is 6.79. The summed E-state index contributed by atoms with van der Waals surface area (Å²) in [5.41, 5.74) is -0.0161. The molecule has 4 heteroatoms. The summed E-state index contributed by atoms with van der Waals surface area (Å²) in [4.78, 5) is 2.52. The maximum atomic E-state index is 9.88. The van der Waals surface area contributed by atoms with Gasteiger partial charge in [0.1, 0.15) is 0 Å². The largest absolute Gasteiger partial charge is 0.394 e. The van der Waals surface area contributed by atoms with Crippen molar-refractivity contribution in [2.45, 2.75) is 68.6 Å². The highest BCUT2D eigenvalue weighted by molar-refractivity contribution is 5.01. The van der Waals surface area contributed by atoms with Gasteiger partial charge in [0, 0.05) is 30.3 Å². The van der Waals surface area contributed by atoms with Crippen molar-refractivity contribution in [2.24, 2.45) is 0 Å². The van der Waals surface area contributed by atoms with Crippen molar-refractivity contribution >= 4 is 0 Å². The van der Waals surface area contributed by atoms with Crippen LogP contribution in [-0.4, -0.2) is 60.5 Å². The first-order chi connectivity index (χ1) is 9.22. The zero-order valence-corrected chi connectivity index (χ0v) is 12.1. The first-order valence-electron chi connectivity index (χ1n) is 7.91. The van der Waals surface area contributed by atoms with E-state index in [1.807, 2.05) is 0 Å². The topological polar surface area (TPSA) is 44.7 Å². The van der Waals surface area contributed by atoms with Gasteiger partial charge in [-0.3, -0.25) is 4.90 Å². The molecule has 3 atom stereocenters. The van der Waals surface area contributed by atoms with Crippen LogP contribution in [-0.2, 0) is 4.74 Å². The molecule has 0 amide bonds. The van der Waals surface area contributed by atoms with Gasteiger partial charge in [-0.05, 0) is 52.0 Å². The fourth-order valence-electron chi connectivity index (χ4n) is 3.80. The fourth-order valence-corrected chi connectivity index (χ4v) is 3.80. The molecule has 0 spiro atoms. The van der Waals surface area contributed by atoms with Gasteiger partial charge in [0.25, 0.3) is 0 Å².